The number of piperidine rings is 1. The van der Waals surface area contributed by atoms with Gasteiger partial charge in [0.05, 0.1) is 16.1 Å². The van der Waals surface area contributed by atoms with Crippen molar-refractivity contribution in [2.45, 2.75) is 38.0 Å². The highest BCUT2D eigenvalue weighted by molar-refractivity contribution is 7.92. The van der Waals surface area contributed by atoms with Crippen LogP contribution in [0.1, 0.15) is 42.6 Å². The molecular formula is C20H25N3O4S. The maximum Gasteiger partial charge on any atom is 0.337 e. The number of hydrogen-bond acceptors (Lipinski definition) is 5. The molecule has 1 aliphatic rings. The SMILES string of the molecule is CCc1ccc(S(=O)(=O)Nc2cc(C(=O)O)cnc2N2CCC(C)CC2)cc1. The van der Waals surface area contributed by atoms with Gasteiger partial charge in [0.15, 0.2) is 5.82 Å². The summed E-state index contributed by atoms with van der Waals surface area (Å²) < 4.78 is 28.3. The summed E-state index contributed by atoms with van der Waals surface area (Å²) in [6.07, 6.45) is 4.04. The van der Waals surface area contributed by atoms with Gasteiger partial charge < -0.3 is 10.0 Å². The summed E-state index contributed by atoms with van der Waals surface area (Å²) in [7, 11) is -3.86. The van der Waals surface area contributed by atoms with Crippen molar-refractivity contribution in [3.63, 3.8) is 0 Å². The van der Waals surface area contributed by atoms with Gasteiger partial charge in [0.2, 0.25) is 0 Å². The Balaban J connectivity index is 1.95. The van der Waals surface area contributed by atoms with Crippen molar-refractivity contribution in [3.8, 4) is 0 Å². The molecule has 1 aromatic heterocycles. The summed E-state index contributed by atoms with van der Waals surface area (Å²) in [5, 5.41) is 9.29. The normalized spacial score (nSPS) is 15.4. The van der Waals surface area contributed by atoms with Crippen LogP contribution in [0.5, 0.6) is 0 Å². The van der Waals surface area contributed by atoms with E-state index in [4.69, 9.17) is 0 Å². The summed E-state index contributed by atoms with van der Waals surface area (Å²) in [4.78, 5) is 17.8. The molecule has 1 saturated heterocycles. The highest BCUT2D eigenvalue weighted by atomic mass is 32.2. The second kappa shape index (κ2) is 8.18. The number of nitrogens with one attached hydrogen (secondary N) is 1. The third kappa shape index (κ3) is 4.44. The lowest BCUT2D eigenvalue weighted by atomic mass is 9.99. The van der Waals surface area contributed by atoms with E-state index in [2.05, 4.69) is 16.6 Å². The van der Waals surface area contributed by atoms with Crippen molar-refractivity contribution in [1.29, 1.82) is 0 Å². The van der Waals surface area contributed by atoms with E-state index in [9.17, 15) is 18.3 Å². The van der Waals surface area contributed by atoms with Gasteiger partial charge in [-0.1, -0.05) is 26.0 Å². The highest BCUT2D eigenvalue weighted by Crippen LogP contribution is 2.30. The first-order valence-corrected chi connectivity index (χ1v) is 10.9. The minimum absolute atomic E-state index is 0.0619. The number of pyridine rings is 1. The number of sulfonamides is 1. The van der Waals surface area contributed by atoms with Crippen LogP contribution in [0.2, 0.25) is 0 Å². The molecule has 1 aliphatic heterocycles. The van der Waals surface area contributed by atoms with Gasteiger partial charge in [0, 0.05) is 19.3 Å². The Morgan fingerprint density at radius 2 is 1.89 bits per heavy atom. The zero-order chi connectivity index (χ0) is 20.3. The summed E-state index contributed by atoms with van der Waals surface area (Å²) in [6, 6.07) is 7.98. The van der Waals surface area contributed by atoms with E-state index >= 15 is 0 Å². The molecule has 0 saturated carbocycles. The van der Waals surface area contributed by atoms with Crippen molar-refractivity contribution in [2.75, 3.05) is 22.7 Å². The zero-order valence-electron chi connectivity index (χ0n) is 16.1. The van der Waals surface area contributed by atoms with Crippen LogP contribution >= 0.6 is 0 Å². The van der Waals surface area contributed by atoms with E-state index in [1.165, 1.54) is 12.3 Å². The standard InChI is InChI=1S/C20H25N3O4S/c1-3-15-4-6-17(7-5-15)28(26,27)22-18-12-16(20(24)25)13-21-19(18)23-10-8-14(2)9-11-23/h4-7,12-14,22H,3,8-11H2,1-2H3,(H,24,25). The van der Waals surface area contributed by atoms with Crippen LogP contribution in [0.3, 0.4) is 0 Å². The lowest BCUT2D eigenvalue weighted by Crippen LogP contribution is -2.34. The summed E-state index contributed by atoms with van der Waals surface area (Å²) in [6.45, 7) is 5.68. The van der Waals surface area contributed by atoms with E-state index < -0.39 is 16.0 Å². The number of rotatable bonds is 6. The molecule has 28 heavy (non-hydrogen) atoms. The minimum atomic E-state index is -3.86. The Morgan fingerprint density at radius 3 is 2.46 bits per heavy atom. The number of carboxylic acid groups (broad SMARTS) is 1. The number of carbonyl (C=O) groups is 1. The Bertz CT molecular complexity index is 950. The molecule has 1 fully saturated rings. The number of hydrogen-bond donors (Lipinski definition) is 2. The van der Waals surface area contributed by atoms with Gasteiger partial charge in [-0.3, -0.25) is 4.72 Å². The smallest absolute Gasteiger partial charge is 0.337 e. The molecule has 150 valence electrons. The van der Waals surface area contributed by atoms with Gasteiger partial charge in [-0.05, 0) is 48.9 Å². The number of aromatic nitrogens is 1. The summed E-state index contributed by atoms with van der Waals surface area (Å²) in [5.74, 6) is -0.0866. The second-order valence-electron chi connectivity index (χ2n) is 7.17. The highest BCUT2D eigenvalue weighted by Gasteiger charge is 2.24. The molecule has 7 nitrogen and oxygen atoms in total. The van der Waals surface area contributed by atoms with Crippen LogP contribution in [0, 0.1) is 5.92 Å². The molecule has 0 radical (unpaired) electrons. The molecular weight excluding hydrogens is 378 g/mol. The molecule has 2 heterocycles. The predicted octanol–water partition coefficient (Wildman–Crippen LogP) is 3.38. The fourth-order valence-electron chi connectivity index (χ4n) is 3.23. The topological polar surface area (TPSA) is 99.6 Å². The van der Waals surface area contributed by atoms with Crippen molar-refractivity contribution in [2.24, 2.45) is 5.92 Å². The quantitative estimate of drug-likeness (QED) is 0.767. The fourth-order valence-corrected chi connectivity index (χ4v) is 4.28. The third-order valence-electron chi connectivity index (χ3n) is 5.08. The van der Waals surface area contributed by atoms with Crippen molar-refractivity contribution < 1.29 is 18.3 Å². The molecule has 8 heteroatoms. The van der Waals surface area contributed by atoms with Gasteiger partial charge in [0.25, 0.3) is 10.0 Å². The zero-order valence-corrected chi connectivity index (χ0v) is 16.9. The Labute approximate surface area is 165 Å². The van der Waals surface area contributed by atoms with Gasteiger partial charge >= 0.3 is 5.97 Å². The maximum atomic E-state index is 12.9. The molecule has 0 atom stereocenters. The number of anilines is 2. The van der Waals surface area contributed by atoms with E-state index in [0.717, 1.165) is 37.9 Å². The van der Waals surface area contributed by atoms with Gasteiger partial charge in [0.1, 0.15) is 0 Å². The molecule has 0 unspecified atom stereocenters. The van der Waals surface area contributed by atoms with Crippen molar-refractivity contribution >= 4 is 27.5 Å². The Hall–Kier alpha value is -2.61. The van der Waals surface area contributed by atoms with Crippen LogP contribution in [0.15, 0.2) is 41.4 Å². The Morgan fingerprint density at radius 1 is 1.25 bits per heavy atom. The van der Waals surface area contributed by atoms with Crippen LogP contribution in [-0.2, 0) is 16.4 Å². The first-order valence-electron chi connectivity index (χ1n) is 9.40. The van der Waals surface area contributed by atoms with E-state index in [0.29, 0.717) is 11.7 Å². The van der Waals surface area contributed by atoms with Crippen molar-refractivity contribution in [3.05, 3.63) is 47.7 Å². The molecule has 1 aromatic carbocycles. The first-order chi connectivity index (χ1) is 13.3. The Kier molecular flexibility index (Phi) is 5.88. The van der Waals surface area contributed by atoms with E-state index in [1.54, 1.807) is 24.3 Å². The molecule has 0 bridgehead atoms. The number of aromatic carboxylic acids is 1. The minimum Gasteiger partial charge on any atom is -0.478 e. The second-order valence-corrected chi connectivity index (χ2v) is 8.86. The van der Waals surface area contributed by atoms with Crippen LogP contribution in [-0.4, -0.2) is 37.6 Å². The van der Waals surface area contributed by atoms with Crippen LogP contribution in [0.25, 0.3) is 0 Å². The molecule has 2 aromatic rings. The molecule has 0 amide bonds. The first kappa shape index (κ1) is 20.1. The molecule has 2 N–H and O–H groups in total. The molecule has 0 aliphatic carbocycles. The van der Waals surface area contributed by atoms with E-state index in [-0.39, 0.29) is 16.1 Å². The summed E-state index contributed by atoms with van der Waals surface area (Å²) >= 11 is 0. The third-order valence-corrected chi connectivity index (χ3v) is 6.46. The number of benzene rings is 1. The monoisotopic (exact) mass is 403 g/mol. The van der Waals surface area contributed by atoms with Gasteiger partial charge in [-0.25, -0.2) is 18.2 Å². The number of carboxylic acids is 1. The lowest BCUT2D eigenvalue weighted by molar-refractivity contribution is 0.0696. The van der Waals surface area contributed by atoms with Gasteiger partial charge in [-0.15, -0.1) is 0 Å². The van der Waals surface area contributed by atoms with E-state index in [1.807, 2.05) is 11.8 Å². The number of nitrogens with zero attached hydrogens (tertiary/aromatic N) is 2. The van der Waals surface area contributed by atoms with Crippen LogP contribution < -0.4 is 9.62 Å². The fraction of sp³-hybridized carbons (Fsp3) is 0.400. The van der Waals surface area contributed by atoms with Gasteiger partial charge in [-0.2, -0.15) is 0 Å². The average molecular weight is 404 g/mol. The number of aryl methyl sites for hydroxylation is 1. The summed E-state index contributed by atoms with van der Waals surface area (Å²) in [5.41, 5.74) is 1.17. The maximum absolute atomic E-state index is 12.9. The molecule has 3 rings (SSSR count). The van der Waals surface area contributed by atoms with Crippen molar-refractivity contribution in [1.82, 2.24) is 4.98 Å². The predicted molar refractivity (Wildman–Crippen MR) is 108 cm³/mol. The molecule has 0 spiro atoms. The lowest BCUT2D eigenvalue weighted by Gasteiger charge is -2.32. The average Bonchev–Trinajstić information content (AvgIpc) is 2.68. The largest absolute Gasteiger partial charge is 0.478 e. The van der Waals surface area contributed by atoms with Crippen LogP contribution in [0.4, 0.5) is 11.5 Å².